The third-order valence-corrected chi connectivity index (χ3v) is 4.58. The van der Waals surface area contributed by atoms with Crippen molar-refractivity contribution >= 4 is 16.6 Å². The number of hydrogen-bond donors (Lipinski definition) is 0. The molecule has 2 aliphatic rings. The van der Waals surface area contributed by atoms with Crippen molar-refractivity contribution in [3.8, 4) is 5.75 Å². The highest BCUT2D eigenvalue weighted by Gasteiger charge is 2.25. The van der Waals surface area contributed by atoms with Crippen molar-refractivity contribution in [2.24, 2.45) is 0 Å². The van der Waals surface area contributed by atoms with Crippen LogP contribution in [0.2, 0.25) is 0 Å². The quantitative estimate of drug-likeness (QED) is 0.804. The highest BCUT2D eigenvalue weighted by molar-refractivity contribution is 5.91. The van der Waals surface area contributed by atoms with Crippen molar-refractivity contribution in [2.75, 3.05) is 44.7 Å². The first-order valence-electron chi connectivity index (χ1n) is 9.17. The largest absolute Gasteiger partial charge is 0.487 e. The lowest BCUT2D eigenvalue weighted by Gasteiger charge is -2.36. The van der Waals surface area contributed by atoms with E-state index in [-0.39, 0.29) is 11.5 Å². The van der Waals surface area contributed by atoms with E-state index in [1.54, 1.807) is 6.07 Å². The van der Waals surface area contributed by atoms with Crippen molar-refractivity contribution in [1.29, 1.82) is 0 Å². The Labute approximate surface area is 133 Å². The van der Waals surface area contributed by atoms with Gasteiger partial charge in [-0.15, -0.1) is 0 Å². The molecule has 0 radical (unpaired) electrons. The third kappa shape index (κ3) is 2.00. The minimum absolute atomic E-state index is 0.0102. The van der Waals surface area contributed by atoms with Gasteiger partial charge in [-0.3, -0.25) is 4.79 Å². The van der Waals surface area contributed by atoms with Gasteiger partial charge in [0.1, 0.15) is 6.61 Å². The Kier molecular flexibility index (Phi) is 2.44. The average Bonchev–Trinajstić information content (AvgIpc) is 2.59. The van der Waals surface area contributed by atoms with Gasteiger partial charge in [0, 0.05) is 47.9 Å². The van der Waals surface area contributed by atoms with E-state index in [1.165, 1.54) is 4.90 Å². The first-order chi connectivity index (χ1) is 11.9. The predicted molar refractivity (Wildman–Crippen MR) is 88.1 cm³/mol. The zero-order valence-electron chi connectivity index (χ0n) is 15.6. The van der Waals surface area contributed by atoms with Gasteiger partial charge in [0.2, 0.25) is 0 Å². The molecule has 0 aliphatic carbocycles. The van der Waals surface area contributed by atoms with Crippen LogP contribution in [0.25, 0.3) is 10.9 Å². The van der Waals surface area contributed by atoms with Gasteiger partial charge in [0.15, 0.2) is 11.2 Å². The fourth-order valence-electron chi connectivity index (χ4n) is 3.32. The zero-order chi connectivity index (χ0) is 17.8. The number of aromatic nitrogens is 1. The molecule has 2 aromatic rings. The second-order valence-corrected chi connectivity index (χ2v) is 6.03. The summed E-state index contributed by atoms with van der Waals surface area (Å²) in [5.74, 6) is 0.732. The summed E-state index contributed by atoms with van der Waals surface area (Å²) in [5.41, 5.74) is 1.76. The monoisotopic (exact) mass is 302 g/mol. The predicted octanol–water partition coefficient (Wildman–Crippen LogP) is 1.71. The van der Waals surface area contributed by atoms with Crippen molar-refractivity contribution < 1.29 is 8.85 Å². The van der Waals surface area contributed by atoms with Crippen LogP contribution in [-0.4, -0.2) is 49.2 Å². The number of nitrogens with zero attached hydrogens (tertiary/aromatic N) is 3. The highest BCUT2D eigenvalue weighted by Crippen LogP contribution is 2.39. The average molecular weight is 302 g/mol. The van der Waals surface area contributed by atoms with Crippen LogP contribution in [0.1, 0.15) is 17.1 Å². The van der Waals surface area contributed by atoms with Crippen molar-refractivity contribution in [3.63, 3.8) is 0 Å². The van der Waals surface area contributed by atoms with Gasteiger partial charge in [-0.1, -0.05) is 0 Å². The summed E-state index contributed by atoms with van der Waals surface area (Å²) >= 11 is 0. The Bertz CT molecular complexity index is 870. The summed E-state index contributed by atoms with van der Waals surface area (Å²) in [6.45, 7) is 2.76. The Morgan fingerprint density at radius 2 is 2.05 bits per heavy atom. The molecule has 1 aromatic heterocycles. The summed E-state index contributed by atoms with van der Waals surface area (Å²) in [7, 11) is 0. The van der Waals surface area contributed by atoms with E-state index in [2.05, 4.69) is 16.4 Å². The molecule has 22 heavy (non-hydrogen) atoms. The maximum absolute atomic E-state index is 12.2. The van der Waals surface area contributed by atoms with Crippen molar-refractivity contribution in [1.82, 2.24) is 9.47 Å². The Morgan fingerprint density at radius 3 is 2.82 bits per heavy atom. The molecule has 0 bridgehead atoms. The molecule has 0 spiro atoms. The highest BCUT2D eigenvalue weighted by atomic mass is 16.5. The molecule has 3 heterocycles. The third-order valence-electron chi connectivity index (χ3n) is 4.58. The number of rotatable bonds is 1. The number of pyridine rings is 1. The number of benzene rings is 1. The molecule has 5 heteroatoms. The molecule has 1 atom stereocenters. The summed E-state index contributed by atoms with van der Waals surface area (Å²) in [6.07, 6.45) is 1.83. The van der Waals surface area contributed by atoms with Crippen LogP contribution in [0.5, 0.6) is 5.75 Å². The topological polar surface area (TPSA) is 37.7 Å². The maximum atomic E-state index is 12.2. The van der Waals surface area contributed by atoms with Crippen LogP contribution in [0, 0.1) is 0 Å². The lowest BCUT2D eigenvalue weighted by molar-refractivity contribution is 0.246. The van der Waals surface area contributed by atoms with Crippen LogP contribution >= 0.6 is 0 Å². The SMILES string of the molecule is [2H]C([2H])([2H])N1CCN(c2ccc3c(=O)ccn4c3c2OCC4C)CC1. The number of ether oxygens (including phenoxy) is 1. The second-order valence-electron chi connectivity index (χ2n) is 6.03. The van der Waals surface area contributed by atoms with E-state index in [9.17, 15) is 4.79 Å². The van der Waals surface area contributed by atoms with E-state index in [4.69, 9.17) is 8.85 Å². The first-order valence-corrected chi connectivity index (χ1v) is 7.67. The van der Waals surface area contributed by atoms with E-state index < -0.39 is 6.98 Å². The summed E-state index contributed by atoms with van der Waals surface area (Å²) in [4.78, 5) is 15.9. The van der Waals surface area contributed by atoms with E-state index >= 15 is 0 Å². The van der Waals surface area contributed by atoms with Crippen LogP contribution in [-0.2, 0) is 0 Å². The number of anilines is 1. The van der Waals surface area contributed by atoms with Gasteiger partial charge in [-0.2, -0.15) is 0 Å². The van der Waals surface area contributed by atoms with E-state index in [0.717, 1.165) is 17.0 Å². The molecular weight excluding hydrogens is 278 g/mol. The number of piperazine rings is 1. The van der Waals surface area contributed by atoms with Crippen LogP contribution in [0.15, 0.2) is 29.2 Å². The maximum Gasteiger partial charge on any atom is 0.189 e. The Morgan fingerprint density at radius 1 is 1.23 bits per heavy atom. The van der Waals surface area contributed by atoms with Crippen molar-refractivity contribution in [2.45, 2.75) is 13.0 Å². The van der Waals surface area contributed by atoms with Gasteiger partial charge in [0.05, 0.1) is 17.2 Å². The lowest BCUT2D eigenvalue weighted by Crippen LogP contribution is -2.44. The molecule has 1 aromatic carbocycles. The number of hydrogen-bond acceptors (Lipinski definition) is 4. The molecule has 0 N–H and O–H groups in total. The fraction of sp³-hybridized carbons (Fsp3) is 0.471. The van der Waals surface area contributed by atoms with Gasteiger partial charge >= 0.3 is 0 Å². The van der Waals surface area contributed by atoms with Gasteiger partial charge in [0.25, 0.3) is 0 Å². The van der Waals surface area contributed by atoms with Gasteiger partial charge in [-0.05, 0) is 26.0 Å². The van der Waals surface area contributed by atoms with Crippen molar-refractivity contribution in [3.05, 3.63) is 34.6 Å². The molecule has 1 unspecified atom stereocenters. The Balaban J connectivity index is 1.74. The molecule has 1 saturated heterocycles. The zero-order valence-corrected chi connectivity index (χ0v) is 12.6. The minimum Gasteiger partial charge on any atom is -0.487 e. The number of likely N-dealkylation sites (N-methyl/N-ethyl adjacent to an activating group) is 1. The summed E-state index contributed by atoms with van der Waals surface area (Å²) in [6, 6.07) is 5.54. The molecule has 2 aliphatic heterocycles. The molecular formula is C17H21N3O2. The van der Waals surface area contributed by atoms with Crippen LogP contribution in [0.4, 0.5) is 5.69 Å². The molecule has 0 amide bonds. The molecule has 1 fully saturated rings. The smallest absolute Gasteiger partial charge is 0.189 e. The lowest BCUT2D eigenvalue weighted by atomic mass is 10.1. The summed E-state index contributed by atoms with van der Waals surface area (Å²) in [5, 5.41) is 0.661. The second kappa shape index (κ2) is 5.02. The molecule has 0 saturated carbocycles. The van der Waals surface area contributed by atoms with Gasteiger partial charge < -0.3 is 19.1 Å². The summed E-state index contributed by atoms with van der Waals surface area (Å²) < 4.78 is 30.7. The fourth-order valence-corrected chi connectivity index (χ4v) is 3.32. The molecule has 116 valence electrons. The van der Waals surface area contributed by atoms with E-state index in [1.807, 2.05) is 18.3 Å². The van der Waals surface area contributed by atoms with Crippen LogP contribution < -0.4 is 15.1 Å². The standard InChI is InChI=1S/C17H21N3O2/c1-12-11-22-17-14(19-9-7-18(2)8-10-19)4-3-13-15(21)5-6-20(12)16(13)17/h3-6,12H,7-11H2,1-2H3/i2D3. The first kappa shape index (κ1) is 10.7. The van der Waals surface area contributed by atoms with Gasteiger partial charge in [-0.25, -0.2) is 0 Å². The Hall–Kier alpha value is -2.01. The molecule has 5 nitrogen and oxygen atoms in total. The normalized spacial score (nSPS) is 24.5. The molecule has 4 rings (SSSR count). The van der Waals surface area contributed by atoms with Crippen LogP contribution in [0.3, 0.4) is 0 Å². The van der Waals surface area contributed by atoms with E-state index in [0.29, 0.717) is 38.2 Å². The minimum atomic E-state index is -2.05.